The molecule has 0 spiro atoms. The molecule has 1 aromatic rings. The average Bonchev–Trinajstić information content (AvgIpc) is 2.48. The second-order valence-electron chi connectivity index (χ2n) is 4.97. The summed E-state index contributed by atoms with van der Waals surface area (Å²) >= 11 is 0. The van der Waals surface area contributed by atoms with Crippen molar-refractivity contribution >= 4 is 17.8 Å². The van der Waals surface area contributed by atoms with Crippen molar-refractivity contribution in [3.8, 4) is 5.75 Å². The summed E-state index contributed by atoms with van der Waals surface area (Å²) in [6.45, 7) is 3.79. The lowest BCUT2D eigenvalue weighted by Gasteiger charge is -2.13. The third kappa shape index (κ3) is 6.25. The maximum Gasteiger partial charge on any atom is 0.303 e. The first-order valence-electron chi connectivity index (χ1n) is 6.91. The van der Waals surface area contributed by atoms with Crippen LogP contribution in [-0.2, 0) is 14.4 Å². The van der Waals surface area contributed by atoms with E-state index in [2.05, 4.69) is 10.9 Å². The Bertz CT molecular complexity index is 542. The molecule has 0 fully saturated rings. The quantitative estimate of drug-likeness (QED) is 0.657. The number of hydrogen-bond acceptors (Lipinski definition) is 4. The van der Waals surface area contributed by atoms with Gasteiger partial charge in [0.2, 0.25) is 5.91 Å². The standard InChI is InChI=1S/C15H20N2O5/c1-10(2)11-5-3-4-6-12(11)22-9-14(19)17-16-13(18)7-8-15(20)21/h3-6,10H,7-9H2,1-2H3,(H,16,18)(H,17,19)(H,20,21). The third-order valence-electron chi connectivity index (χ3n) is 2.81. The number of hydrazine groups is 1. The Morgan fingerprint density at radius 1 is 1.09 bits per heavy atom. The van der Waals surface area contributed by atoms with E-state index in [-0.39, 0.29) is 25.4 Å². The lowest BCUT2D eigenvalue weighted by Crippen LogP contribution is -2.43. The summed E-state index contributed by atoms with van der Waals surface area (Å²) in [4.78, 5) is 33.1. The number of rotatable bonds is 7. The van der Waals surface area contributed by atoms with E-state index in [9.17, 15) is 14.4 Å². The van der Waals surface area contributed by atoms with E-state index in [0.717, 1.165) is 5.56 Å². The molecule has 0 saturated carbocycles. The number of carboxylic acid groups (broad SMARTS) is 1. The number of para-hydroxylation sites is 1. The minimum atomic E-state index is -1.07. The van der Waals surface area contributed by atoms with Gasteiger partial charge >= 0.3 is 5.97 Å². The molecule has 0 saturated heterocycles. The molecule has 7 nitrogen and oxygen atoms in total. The van der Waals surface area contributed by atoms with E-state index in [1.807, 2.05) is 32.0 Å². The highest BCUT2D eigenvalue weighted by atomic mass is 16.5. The van der Waals surface area contributed by atoms with Gasteiger partial charge in [0.05, 0.1) is 6.42 Å². The van der Waals surface area contributed by atoms with Crippen LogP contribution in [0.2, 0.25) is 0 Å². The molecule has 0 aliphatic heterocycles. The number of benzene rings is 1. The first-order chi connectivity index (χ1) is 10.4. The number of ether oxygens (including phenoxy) is 1. The molecule has 0 atom stereocenters. The van der Waals surface area contributed by atoms with Crippen LogP contribution in [0.15, 0.2) is 24.3 Å². The van der Waals surface area contributed by atoms with Gasteiger partial charge in [-0.1, -0.05) is 32.0 Å². The summed E-state index contributed by atoms with van der Waals surface area (Å²) in [6.07, 6.45) is -0.493. The molecule has 0 heterocycles. The molecule has 120 valence electrons. The lowest BCUT2D eigenvalue weighted by atomic mass is 10.0. The number of aliphatic carboxylic acids is 1. The fourth-order valence-corrected chi connectivity index (χ4v) is 1.69. The summed E-state index contributed by atoms with van der Waals surface area (Å²) in [7, 11) is 0. The molecular formula is C15H20N2O5. The van der Waals surface area contributed by atoms with Crippen molar-refractivity contribution in [3.05, 3.63) is 29.8 Å². The van der Waals surface area contributed by atoms with Crippen molar-refractivity contribution in [2.45, 2.75) is 32.6 Å². The number of hydrogen-bond donors (Lipinski definition) is 3. The Morgan fingerprint density at radius 2 is 1.73 bits per heavy atom. The number of amides is 2. The van der Waals surface area contributed by atoms with Crippen LogP contribution in [0.1, 0.15) is 38.2 Å². The third-order valence-corrected chi connectivity index (χ3v) is 2.81. The summed E-state index contributed by atoms with van der Waals surface area (Å²) in [5.74, 6) is -1.30. The number of nitrogens with one attached hydrogen (secondary N) is 2. The Morgan fingerprint density at radius 3 is 2.36 bits per heavy atom. The van der Waals surface area contributed by atoms with Gasteiger partial charge in [-0.2, -0.15) is 0 Å². The predicted octanol–water partition coefficient (Wildman–Crippen LogP) is 1.20. The van der Waals surface area contributed by atoms with Crippen LogP contribution in [0, 0.1) is 0 Å². The lowest BCUT2D eigenvalue weighted by molar-refractivity contribution is -0.139. The van der Waals surface area contributed by atoms with Crippen LogP contribution >= 0.6 is 0 Å². The van der Waals surface area contributed by atoms with Crippen LogP contribution in [0.25, 0.3) is 0 Å². The number of carboxylic acids is 1. The van der Waals surface area contributed by atoms with Crippen molar-refractivity contribution in [3.63, 3.8) is 0 Å². The van der Waals surface area contributed by atoms with Crippen LogP contribution < -0.4 is 15.6 Å². The van der Waals surface area contributed by atoms with Crippen molar-refractivity contribution in [2.24, 2.45) is 0 Å². The van der Waals surface area contributed by atoms with Gasteiger partial charge in [-0.3, -0.25) is 25.2 Å². The largest absolute Gasteiger partial charge is 0.483 e. The van der Waals surface area contributed by atoms with Gasteiger partial charge in [0.25, 0.3) is 5.91 Å². The van der Waals surface area contributed by atoms with Crippen molar-refractivity contribution in [1.29, 1.82) is 0 Å². The van der Waals surface area contributed by atoms with Crippen molar-refractivity contribution < 1.29 is 24.2 Å². The molecule has 0 unspecified atom stereocenters. The van der Waals surface area contributed by atoms with Gasteiger partial charge in [0, 0.05) is 6.42 Å². The van der Waals surface area contributed by atoms with Gasteiger partial charge in [-0.15, -0.1) is 0 Å². The Balaban J connectivity index is 2.38. The Hall–Kier alpha value is -2.57. The normalized spacial score (nSPS) is 10.1. The highest BCUT2D eigenvalue weighted by Gasteiger charge is 2.10. The second-order valence-corrected chi connectivity index (χ2v) is 4.97. The second kappa shape index (κ2) is 8.66. The van der Waals surface area contributed by atoms with E-state index in [1.165, 1.54) is 0 Å². The van der Waals surface area contributed by atoms with Crippen LogP contribution in [0.3, 0.4) is 0 Å². The molecule has 0 aromatic heterocycles. The molecule has 0 radical (unpaired) electrons. The molecule has 0 bridgehead atoms. The van der Waals surface area contributed by atoms with Crippen molar-refractivity contribution in [2.75, 3.05) is 6.61 Å². The van der Waals surface area contributed by atoms with Crippen LogP contribution in [0.5, 0.6) is 5.75 Å². The van der Waals surface area contributed by atoms with E-state index < -0.39 is 17.8 Å². The molecule has 3 N–H and O–H groups in total. The number of carbonyl (C=O) groups is 3. The summed E-state index contributed by atoms with van der Waals surface area (Å²) in [6, 6.07) is 7.40. The SMILES string of the molecule is CC(C)c1ccccc1OCC(=O)NNC(=O)CCC(=O)O. The van der Waals surface area contributed by atoms with Crippen molar-refractivity contribution in [1.82, 2.24) is 10.9 Å². The first-order valence-corrected chi connectivity index (χ1v) is 6.91. The smallest absolute Gasteiger partial charge is 0.303 e. The molecular weight excluding hydrogens is 288 g/mol. The minimum absolute atomic E-state index is 0.202. The monoisotopic (exact) mass is 308 g/mol. The van der Waals surface area contributed by atoms with E-state index in [0.29, 0.717) is 5.75 Å². The topological polar surface area (TPSA) is 105 Å². The van der Waals surface area contributed by atoms with Gasteiger partial charge in [0.15, 0.2) is 6.61 Å². The van der Waals surface area contributed by atoms with Gasteiger partial charge < -0.3 is 9.84 Å². The van der Waals surface area contributed by atoms with E-state index in [1.54, 1.807) is 6.07 Å². The number of carbonyl (C=O) groups excluding carboxylic acids is 2. The Kier molecular flexibility index (Phi) is 6.88. The fraction of sp³-hybridized carbons (Fsp3) is 0.400. The molecule has 0 aliphatic rings. The van der Waals surface area contributed by atoms with E-state index >= 15 is 0 Å². The zero-order chi connectivity index (χ0) is 16.5. The zero-order valence-corrected chi connectivity index (χ0v) is 12.6. The fourth-order valence-electron chi connectivity index (χ4n) is 1.69. The summed E-state index contributed by atoms with van der Waals surface area (Å²) in [5, 5.41) is 8.43. The van der Waals surface area contributed by atoms with Crippen LogP contribution in [0.4, 0.5) is 0 Å². The average molecular weight is 308 g/mol. The minimum Gasteiger partial charge on any atom is -0.483 e. The van der Waals surface area contributed by atoms with Gasteiger partial charge in [0.1, 0.15) is 5.75 Å². The first kappa shape index (κ1) is 17.5. The predicted molar refractivity (Wildman–Crippen MR) is 79.2 cm³/mol. The highest BCUT2D eigenvalue weighted by Crippen LogP contribution is 2.25. The molecule has 0 aliphatic carbocycles. The van der Waals surface area contributed by atoms with Crippen LogP contribution in [-0.4, -0.2) is 29.5 Å². The van der Waals surface area contributed by atoms with E-state index in [4.69, 9.17) is 9.84 Å². The van der Waals surface area contributed by atoms with Gasteiger partial charge in [-0.05, 0) is 17.5 Å². The molecule has 7 heteroatoms. The molecule has 1 rings (SSSR count). The molecule has 1 aromatic carbocycles. The maximum atomic E-state index is 11.6. The zero-order valence-electron chi connectivity index (χ0n) is 12.6. The summed E-state index contributed by atoms with van der Waals surface area (Å²) < 4.78 is 5.43. The summed E-state index contributed by atoms with van der Waals surface area (Å²) in [5.41, 5.74) is 5.29. The maximum absolute atomic E-state index is 11.6. The molecule has 2 amide bonds. The highest BCUT2D eigenvalue weighted by molar-refractivity contribution is 5.84. The Labute approximate surface area is 128 Å². The molecule has 22 heavy (non-hydrogen) atoms. The van der Waals surface area contributed by atoms with Gasteiger partial charge in [-0.25, -0.2) is 0 Å².